The summed E-state index contributed by atoms with van der Waals surface area (Å²) in [5, 5.41) is 8.94. The van der Waals surface area contributed by atoms with Gasteiger partial charge in [-0.15, -0.1) is 0 Å². The Hall–Kier alpha value is -1.57. The first-order chi connectivity index (χ1) is 10.3. The van der Waals surface area contributed by atoms with Gasteiger partial charge in [0.1, 0.15) is 0 Å². The number of hydrogen-bond donors (Lipinski definition) is 0. The topological polar surface area (TPSA) is 64.4 Å². The number of hydrogen-bond acceptors (Lipinski definition) is 3. The molecule has 0 saturated carbocycles. The molecule has 0 aliphatic carbocycles. The number of piperidine rings is 2. The Kier molecular flexibility index (Phi) is 5.10. The molecule has 2 saturated heterocycles. The summed E-state index contributed by atoms with van der Waals surface area (Å²) in [7, 11) is 0. The van der Waals surface area contributed by atoms with E-state index in [-0.39, 0.29) is 23.7 Å². The van der Waals surface area contributed by atoms with E-state index >= 15 is 0 Å². The fourth-order valence-corrected chi connectivity index (χ4v) is 3.32. The zero-order chi connectivity index (χ0) is 16.3. The van der Waals surface area contributed by atoms with Crippen molar-refractivity contribution in [3.05, 3.63) is 0 Å². The van der Waals surface area contributed by atoms with Crippen molar-refractivity contribution < 1.29 is 9.59 Å². The molecular weight excluding hydrogens is 278 g/mol. The molecule has 2 fully saturated rings. The molecule has 2 aliphatic rings. The monoisotopic (exact) mass is 305 g/mol. The summed E-state index contributed by atoms with van der Waals surface area (Å²) >= 11 is 0. The van der Waals surface area contributed by atoms with Crippen LogP contribution in [0.1, 0.15) is 46.5 Å². The minimum atomic E-state index is -0.393. The lowest BCUT2D eigenvalue weighted by Gasteiger charge is -2.38. The van der Waals surface area contributed by atoms with Gasteiger partial charge < -0.3 is 9.80 Å². The highest BCUT2D eigenvalue weighted by atomic mass is 16.2. The molecule has 0 N–H and O–H groups in total. The van der Waals surface area contributed by atoms with Gasteiger partial charge in [0, 0.05) is 37.5 Å². The molecule has 0 radical (unpaired) electrons. The Morgan fingerprint density at radius 3 is 2.23 bits per heavy atom. The standard InChI is InChI=1S/C17H27N3O2/c1-17(2,3)16(22)20-8-4-5-14(12-20)15(21)19-9-6-13(11-18)7-10-19/h13-14H,4-10,12H2,1-3H3. The lowest BCUT2D eigenvalue weighted by Crippen LogP contribution is -2.50. The number of amides is 2. The van der Waals surface area contributed by atoms with Crippen LogP contribution >= 0.6 is 0 Å². The lowest BCUT2D eigenvalue weighted by molar-refractivity contribution is -0.145. The van der Waals surface area contributed by atoms with Crippen LogP contribution in [0.25, 0.3) is 0 Å². The van der Waals surface area contributed by atoms with E-state index in [1.165, 1.54) is 0 Å². The van der Waals surface area contributed by atoms with Gasteiger partial charge in [-0.05, 0) is 25.7 Å². The van der Waals surface area contributed by atoms with Gasteiger partial charge in [-0.25, -0.2) is 0 Å². The molecule has 22 heavy (non-hydrogen) atoms. The van der Waals surface area contributed by atoms with Crippen molar-refractivity contribution in [2.45, 2.75) is 46.5 Å². The molecule has 0 aromatic carbocycles. The van der Waals surface area contributed by atoms with E-state index in [1.807, 2.05) is 30.6 Å². The molecule has 1 atom stereocenters. The Bertz CT molecular complexity index is 467. The SMILES string of the molecule is CC(C)(C)C(=O)N1CCCC(C(=O)N2CCC(C#N)CC2)C1. The normalized spacial score (nSPS) is 24.0. The second-order valence-corrected chi connectivity index (χ2v) is 7.57. The fourth-order valence-electron chi connectivity index (χ4n) is 3.32. The first kappa shape index (κ1) is 16.8. The van der Waals surface area contributed by atoms with Crippen LogP contribution in [0, 0.1) is 28.6 Å². The quantitative estimate of drug-likeness (QED) is 0.744. The van der Waals surface area contributed by atoms with Crippen molar-refractivity contribution >= 4 is 11.8 Å². The van der Waals surface area contributed by atoms with Crippen molar-refractivity contribution in [1.82, 2.24) is 9.80 Å². The molecule has 5 heteroatoms. The maximum atomic E-state index is 12.7. The van der Waals surface area contributed by atoms with Gasteiger partial charge in [-0.1, -0.05) is 20.8 Å². The molecule has 2 amide bonds. The van der Waals surface area contributed by atoms with Gasteiger partial charge in [0.25, 0.3) is 0 Å². The maximum Gasteiger partial charge on any atom is 0.227 e. The first-order valence-electron chi connectivity index (χ1n) is 8.30. The van der Waals surface area contributed by atoms with Gasteiger partial charge in [0.05, 0.1) is 12.0 Å². The summed E-state index contributed by atoms with van der Waals surface area (Å²) in [5.41, 5.74) is -0.393. The van der Waals surface area contributed by atoms with Gasteiger partial charge in [0.2, 0.25) is 11.8 Å². The minimum Gasteiger partial charge on any atom is -0.342 e. The molecule has 0 aromatic heterocycles. The van der Waals surface area contributed by atoms with Crippen LogP contribution in [0.5, 0.6) is 0 Å². The molecule has 5 nitrogen and oxygen atoms in total. The number of nitriles is 1. The average molecular weight is 305 g/mol. The van der Waals surface area contributed by atoms with E-state index < -0.39 is 5.41 Å². The Labute approximate surface area is 133 Å². The van der Waals surface area contributed by atoms with Gasteiger partial charge in [-0.3, -0.25) is 9.59 Å². The minimum absolute atomic E-state index is 0.0707. The summed E-state index contributed by atoms with van der Waals surface area (Å²) in [6, 6.07) is 2.29. The Morgan fingerprint density at radius 2 is 1.68 bits per heavy atom. The highest BCUT2D eigenvalue weighted by Crippen LogP contribution is 2.26. The second kappa shape index (κ2) is 6.68. The highest BCUT2D eigenvalue weighted by molar-refractivity contribution is 5.84. The fraction of sp³-hybridized carbons (Fsp3) is 0.824. The molecule has 0 bridgehead atoms. The number of nitrogens with zero attached hydrogens (tertiary/aromatic N) is 3. The van der Waals surface area contributed by atoms with Crippen molar-refractivity contribution in [1.29, 1.82) is 5.26 Å². The van der Waals surface area contributed by atoms with Crippen molar-refractivity contribution in [2.75, 3.05) is 26.2 Å². The molecule has 122 valence electrons. The van der Waals surface area contributed by atoms with Gasteiger partial charge in [0.15, 0.2) is 0 Å². The molecule has 0 aromatic rings. The first-order valence-corrected chi connectivity index (χ1v) is 8.30. The van der Waals surface area contributed by atoms with Gasteiger partial charge in [-0.2, -0.15) is 5.26 Å². The summed E-state index contributed by atoms with van der Waals surface area (Å²) in [6.45, 7) is 8.44. The van der Waals surface area contributed by atoms with Gasteiger partial charge >= 0.3 is 0 Å². The largest absolute Gasteiger partial charge is 0.342 e. The van der Waals surface area contributed by atoms with E-state index in [0.717, 1.165) is 32.2 Å². The van der Waals surface area contributed by atoms with E-state index in [0.29, 0.717) is 19.6 Å². The Morgan fingerprint density at radius 1 is 1.05 bits per heavy atom. The van der Waals surface area contributed by atoms with Crippen LogP contribution < -0.4 is 0 Å². The third kappa shape index (κ3) is 3.79. The summed E-state index contributed by atoms with van der Waals surface area (Å²) in [5.74, 6) is 0.323. The zero-order valence-electron chi connectivity index (χ0n) is 14.0. The number of carbonyl (C=O) groups is 2. The lowest BCUT2D eigenvalue weighted by atomic mass is 9.90. The molecule has 2 rings (SSSR count). The van der Waals surface area contributed by atoms with Crippen LogP contribution in [0.3, 0.4) is 0 Å². The summed E-state index contributed by atoms with van der Waals surface area (Å²) in [4.78, 5) is 28.8. The van der Waals surface area contributed by atoms with E-state index in [1.54, 1.807) is 0 Å². The number of rotatable bonds is 1. The number of likely N-dealkylation sites (tertiary alicyclic amines) is 2. The third-order valence-corrected chi connectivity index (χ3v) is 4.69. The van der Waals surface area contributed by atoms with Crippen molar-refractivity contribution in [3.8, 4) is 6.07 Å². The number of carbonyl (C=O) groups excluding carboxylic acids is 2. The van der Waals surface area contributed by atoms with E-state index in [9.17, 15) is 9.59 Å². The van der Waals surface area contributed by atoms with Crippen LogP contribution in [-0.4, -0.2) is 47.8 Å². The zero-order valence-corrected chi connectivity index (χ0v) is 14.0. The van der Waals surface area contributed by atoms with Crippen LogP contribution in [0.4, 0.5) is 0 Å². The molecule has 2 heterocycles. The molecular formula is C17H27N3O2. The van der Waals surface area contributed by atoms with Crippen LogP contribution in [0.15, 0.2) is 0 Å². The highest BCUT2D eigenvalue weighted by Gasteiger charge is 2.35. The average Bonchev–Trinajstić information content (AvgIpc) is 2.52. The van der Waals surface area contributed by atoms with Crippen molar-refractivity contribution in [3.63, 3.8) is 0 Å². The summed E-state index contributed by atoms with van der Waals surface area (Å²) in [6.07, 6.45) is 3.32. The van der Waals surface area contributed by atoms with Crippen LogP contribution in [-0.2, 0) is 9.59 Å². The third-order valence-electron chi connectivity index (χ3n) is 4.69. The smallest absolute Gasteiger partial charge is 0.227 e. The Balaban J connectivity index is 1.94. The predicted molar refractivity (Wildman–Crippen MR) is 83.7 cm³/mol. The molecule has 2 aliphatic heterocycles. The van der Waals surface area contributed by atoms with E-state index in [2.05, 4.69) is 6.07 Å². The second-order valence-electron chi connectivity index (χ2n) is 7.57. The predicted octanol–water partition coefficient (Wildman–Crippen LogP) is 2.03. The molecule has 0 spiro atoms. The van der Waals surface area contributed by atoms with E-state index in [4.69, 9.17) is 5.26 Å². The summed E-state index contributed by atoms with van der Waals surface area (Å²) < 4.78 is 0. The molecule has 1 unspecified atom stereocenters. The van der Waals surface area contributed by atoms with Crippen LogP contribution in [0.2, 0.25) is 0 Å². The maximum absolute atomic E-state index is 12.7. The van der Waals surface area contributed by atoms with Crippen molar-refractivity contribution in [2.24, 2.45) is 17.3 Å².